The van der Waals surface area contributed by atoms with Gasteiger partial charge in [0, 0.05) is 32.4 Å². The molecule has 2 aromatic rings. The van der Waals surface area contributed by atoms with Crippen molar-refractivity contribution in [1.29, 1.82) is 0 Å². The minimum Gasteiger partial charge on any atom is -0.354 e. The number of aromatic nitrogens is 4. The summed E-state index contributed by atoms with van der Waals surface area (Å²) in [6, 6.07) is 0. The van der Waals surface area contributed by atoms with Crippen molar-refractivity contribution >= 4 is 17.4 Å². The zero-order valence-electron chi connectivity index (χ0n) is 11.0. The van der Waals surface area contributed by atoms with Crippen LogP contribution in [-0.4, -0.2) is 27.0 Å². The summed E-state index contributed by atoms with van der Waals surface area (Å²) in [6.07, 6.45) is 3.84. The zero-order valence-corrected chi connectivity index (χ0v) is 11.7. The summed E-state index contributed by atoms with van der Waals surface area (Å²) in [5, 5.41) is 12.7. The number of nitrogens with zero attached hydrogens (tertiary/aromatic N) is 5. The molecule has 6 heteroatoms. The fourth-order valence-corrected chi connectivity index (χ4v) is 2.01. The minimum atomic E-state index is 0.464. The van der Waals surface area contributed by atoms with Gasteiger partial charge in [0.05, 0.1) is 6.20 Å². The lowest BCUT2D eigenvalue weighted by Gasteiger charge is -2.19. The van der Waals surface area contributed by atoms with Crippen LogP contribution < -0.4 is 4.90 Å². The lowest BCUT2D eigenvalue weighted by atomic mass is 10.2. The van der Waals surface area contributed by atoms with Crippen molar-refractivity contribution in [1.82, 2.24) is 20.0 Å². The molecule has 18 heavy (non-hydrogen) atoms. The lowest BCUT2D eigenvalue weighted by Crippen LogP contribution is -2.19. The van der Waals surface area contributed by atoms with E-state index >= 15 is 0 Å². The topological polar surface area (TPSA) is 46.8 Å². The third kappa shape index (κ3) is 2.46. The molecule has 0 aliphatic carbocycles. The molecular formula is C12H16ClN5. The van der Waals surface area contributed by atoms with E-state index in [1.807, 2.05) is 45.2 Å². The molecule has 96 valence electrons. The maximum atomic E-state index is 5.95. The van der Waals surface area contributed by atoms with Crippen LogP contribution >= 0.6 is 11.6 Å². The molecule has 0 bridgehead atoms. The van der Waals surface area contributed by atoms with Gasteiger partial charge in [-0.1, -0.05) is 11.6 Å². The van der Waals surface area contributed by atoms with Gasteiger partial charge in [-0.25, -0.2) is 0 Å². The smallest absolute Gasteiger partial charge is 0.155 e. The molecule has 2 rings (SSSR count). The number of hydrogen-bond donors (Lipinski definition) is 0. The first kappa shape index (κ1) is 12.8. The van der Waals surface area contributed by atoms with Gasteiger partial charge in [-0.3, -0.25) is 4.68 Å². The van der Waals surface area contributed by atoms with Crippen molar-refractivity contribution in [2.24, 2.45) is 7.05 Å². The second-order valence-corrected chi connectivity index (χ2v) is 4.80. The van der Waals surface area contributed by atoms with E-state index in [1.54, 1.807) is 4.68 Å². The SMILES string of the molecule is Cc1c(Cl)nnc(N(C)Cc2cnn(C)c2)c1C. The number of hydrogen-bond acceptors (Lipinski definition) is 4. The zero-order chi connectivity index (χ0) is 13.3. The minimum absolute atomic E-state index is 0.464. The Bertz CT molecular complexity index is 564. The van der Waals surface area contributed by atoms with Gasteiger partial charge in [0.2, 0.25) is 0 Å². The fraction of sp³-hybridized carbons (Fsp3) is 0.417. The van der Waals surface area contributed by atoms with Crippen molar-refractivity contribution in [2.75, 3.05) is 11.9 Å². The highest BCUT2D eigenvalue weighted by atomic mass is 35.5. The molecule has 0 aliphatic heterocycles. The van der Waals surface area contributed by atoms with Gasteiger partial charge in [0.15, 0.2) is 11.0 Å². The Kier molecular flexibility index (Phi) is 3.52. The summed E-state index contributed by atoms with van der Waals surface area (Å²) in [5.74, 6) is 0.848. The molecule has 0 radical (unpaired) electrons. The van der Waals surface area contributed by atoms with Crippen LogP contribution in [0.15, 0.2) is 12.4 Å². The second kappa shape index (κ2) is 4.94. The maximum Gasteiger partial charge on any atom is 0.155 e. The first-order valence-electron chi connectivity index (χ1n) is 5.67. The summed E-state index contributed by atoms with van der Waals surface area (Å²) < 4.78 is 1.79. The first-order chi connectivity index (χ1) is 8.49. The average Bonchev–Trinajstić information content (AvgIpc) is 2.71. The molecule has 2 aromatic heterocycles. The van der Waals surface area contributed by atoms with E-state index in [2.05, 4.69) is 15.3 Å². The van der Waals surface area contributed by atoms with Crippen molar-refractivity contribution < 1.29 is 0 Å². The van der Waals surface area contributed by atoms with Crippen LogP contribution in [0.25, 0.3) is 0 Å². The molecule has 0 fully saturated rings. The van der Waals surface area contributed by atoms with Gasteiger partial charge < -0.3 is 4.90 Å². The van der Waals surface area contributed by atoms with Crippen molar-refractivity contribution in [2.45, 2.75) is 20.4 Å². The Balaban J connectivity index is 2.24. The molecule has 0 spiro atoms. The molecule has 0 saturated heterocycles. The van der Waals surface area contributed by atoms with Gasteiger partial charge in [-0.15, -0.1) is 10.2 Å². The van der Waals surface area contributed by atoms with E-state index in [4.69, 9.17) is 11.6 Å². The molecular weight excluding hydrogens is 250 g/mol. The van der Waals surface area contributed by atoms with Gasteiger partial charge in [-0.2, -0.15) is 5.10 Å². The average molecular weight is 266 g/mol. The van der Waals surface area contributed by atoms with Gasteiger partial charge in [-0.05, 0) is 25.0 Å². The number of rotatable bonds is 3. The highest BCUT2D eigenvalue weighted by Gasteiger charge is 2.12. The summed E-state index contributed by atoms with van der Waals surface area (Å²) in [5.41, 5.74) is 3.16. The molecule has 0 amide bonds. The van der Waals surface area contributed by atoms with Crippen LogP contribution in [0, 0.1) is 13.8 Å². The molecule has 0 aromatic carbocycles. The van der Waals surface area contributed by atoms with Gasteiger partial charge >= 0.3 is 0 Å². The molecule has 0 aliphatic rings. The maximum absolute atomic E-state index is 5.95. The normalized spacial score (nSPS) is 10.7. The lowest BCUT2D eigenvalue weighted by molar-refractivity contribution is 0.766. The van der Waals surface area contributed by atoms with Crippen molar-refractivity contribution in [3.63, 3.8) is 0 Å². The Morgan fingerprint density at radius 1 is 1.28 bits per heavy atom. The molecule has 2 heterocycles. The number of anilines is 1. The molecule has 0 N–H and O–H groups in total. The first-order valence-corrected chi connectivity index (χ1v) is 6.05. The fourth-order valence-electron chi connectivity index (χ4n) is 1.83. The Morgan fingerprint density at radius 3 is 2.61 bits per heavy atom. The van der Waals surface area contributed by atoms with E-state index in [9.17, 15) is 0 Å². The van der Waals surface area contributed by atoms with E-state index in [-0.39, 0.29) is 0 Å². The molecule has 0 atom stereocenters. The van der Waals surface area contributed by atoms with E-state index in [0.29, 0.717) is 5.15 Å². The summed E-state index contributed by atoms with van der Waals surface area (Å²) in [4.78, 5) is 2.04. The molecule has 5 nitrogen and oxygen atoms in total. The van der Waals surface area contributed by atoms with Crippen LogP contribution in [0.3, 0.4) is 0 Å². The predicted octanol–water partition coefficient (Wildman–Crippen LogP) is 2.12. The summed E-state index contributed by atoms with van der Waals surface area (Å²) >= 11 is 5.95. The van der Waals surface area contributed by atoms with Crippen LogP contribution in [0.5, 0.6) is 0 Å². The van der Waals surface area contributed by atoms with Crippen molar-refractivity contribution in [3.8, 4) is 0 Å². The Labute approximate surface area is 111 Å². The third-order valence-electron chi connectivity index (χ3n) is 2.98. The molecule has 0 saturated carbocycles. The van der Waals surface area contributed by atoms with Crippen LogP contribution in [0.4, 0.5) is 5.82 Å². The standard InChI is InChI=1S/C12H16ClN5/c1-8-9(2)12(16-15-11(8)13)17(3)6-10-5-14-18(4)7-10/h5,7H,6H2,1-4H3. The van der Waals surface area contributed by atoms with Crippen LogP contribution in [0.1, 0.15) is 16.7 Å². The van der Waals surface area contributed by atoms with Crippen molar-refractivity contribution in [3.05, 3.63) is 34.2 Å². The summed E-state index contributed by atoms with van der Waals surface area (Å²) in [6.45, 7) is 4.70. The Hall–Kier alpha value is -1.62. The number of halogens is 1. The Morgan fingerprint density at radius 2 is 2.00 bits per heavy atom. The van der Waals surface area contributed by atoms with Crippen LogP contribution in [0.2, 0.25) is 5.15 Å². The van der Waals surface area contributed by atoms with E-state index in [1.165, 1.54) is 0 Å². The monoisotopic (exact) mass is 265 g/mol. The summed E-state index contributed by atoms with van der Waals surface area (Å²) in [7, 11) is 3.89. The highest BCUT2D eigenvalue weighted by Crippen LogP contribution is 2.23. The van der Waals surface area contributed by atoms with Crippen LogP contribution in [-0.2, 0) is 13.6 Å². The second-order valence-electron chi connectivity index (χ2n) is 4.44. The highest BCUT2D eigenvalue weighted by molar-refractivity contribution is 6.30. The van der Waals surface area contributed by atoms with Gasteiger partial charge in [0.1, 0.15) is 0 Å². The van der Waals surface area contributed by atoms with E-state index in [0.717, 1.165) is 29.1 Å². The quantitative estimate of drug-likeness (QED) is 0.853. The van der Waals surface area contributed by atoms with Gasteiger partial charge in [0.25, 0.3) is 0 Å². The largest absolute Gasteiger partial charge is 0.354 e. The molecule has 0 unspecified atom stereocenters. The number of aryl methyl sites for hydroxylation is 1. The van der Waals surface area contributed by atoms with E-state index < -0.39 is 0 Å². The predicted molar refractivity (Wildman–Crippen MR) is 71.8 cm³/mol. The third-order valence-corrected chi connectivity index (χ3v) is 3.34.